The monoisotopic (exact) mass is 138 g/mol. The Hall–Kier alpha value is -0.790. The summed E-state index contributed by atoms with van der Waals surface area (Å²) in [5.41, 5.74) is 6.14. The summed E-state index contributed by atoms with van der Waals surface area (Å²) < 4.78 is 0. The van der Waals surface area contributed by atoms with Gasteiger partial charge in [0, 0.05) is 0 Å². The molecule has 1 fully saturated rings. The Morgan fingerprint density at radius 1 is 1.40 bits per heavy atom. The fourth-order valence-corrected chi connectivity index (χ4v) is 1.49. The van der Waals surface area contributed by atoms with Crippen LogP contribution < -0.4 is 5.73 Å². The third kappa shape index (κ3) is 1.38. The van der Waals surface area contributed by atoms with Crippen molar-refractivity contribution >= 4 is 5.84 Å². The van der Waals surface area contributed by atoms with Crippen molar-refractivity contribution in [3.63, 3.8) is 0 Å². The lowest BCUT2D eigenvalue weighted by atomic mass is 9.98. The van der Waals surface area contributed by atoms with Gasteiger partial charge in [0.05, 0.1) is 0 Å². The molecule has 0 radical (unpaired) electrons. The fourth-order valence-electron chi connectivity index (χ4n) is 1.49. The van der Waals surface area contributed by atoms with Crippen LogP contribution in [0.5, 0.6) is 0 Å². The van der Waals surface area contributed by atoms with E-state index in [2.05, 4.69) is 6.58 Å². The first-order valence-corrected chi connectivity index (χ1v) is 3.75. The molecule has 0 atom stereocenters. The molecular formula is C8H14N2. The zero-order valence-corrected chi connectivity index (χ0v) is 6.19. The molecule has 3 N–H and O–H groups in total. The highest BCUT2D eigenvalue weighted by Gasteiger charge is 2.18. The van der Waals surface area contributed by atoms with Gasteiger partial charge < -0.3 is 5.73 Å². The number of hydrogen-bond donors (Lipinski definition) is 2. The molecule has 0 spiro atoms. The maximum atomic E-state index is 7.14. The second kappa shape index (κ2) is 2.86. The molecule has 1 aliphatic rings. The van der Waals surface area contributed by atoms with Crippen LogP contribution in [0.1, 0.15) is 25.7 Å². The quantitative estimate of drug-likeness (QED) is 0.442. The van der Waals surface area contributed by atoms with E-state index < -0.39 is 0 Å². The smallest absolute Gasteiger partial charge is 0.118 e. The Morgan fingerprint density at radius 3 is 2.30 bits per heavy atom. The van der Waals surface area contributed by atoms with Crippen molar-refractivity contribution in [2.24, 2.45) is 11.7 Å². The third-order valence-corrected chi connectivity index (χ3v) is 2.19. The van der Waals surface area contributed by atoms with E-state index in [9.17, 15) is 0 Å². The van der Waals surface area contributed by atoms with Crippen LogP contribution in [0.25, 0.3) is 0 Å². The average Bonchev–Trinajstić information content (AvgIpc) is 2.36. The Bertz CT molecular complexity index is 155. The van der Waals surface area contributed by atoms with Crippen LogP contribution in [0, 0.1) is 11.3 Å². The van der Waals surface area contributed by atoms with Gasteiger partial charge in [0.15, 0.2) is 0 Å². The van der Waals surface area contributed by atoms with Gasteiger partial charge in [0.2, 0.25) is 0 Å². The van der Waals surface area contributed by atoms with Crippen molar-refractivity contribution in [1.29, 1.82) is 5.41 Å². The van der Waals surface area contributed by atoms with Gasteiger partial charge in [0.1, 0.15) is 5.84 Å². The molecule has 0 amide bonds. The molecule has 0 aromatic heterocycles. The van der Waals surface area contributed by atoms with Crippen molar-refractivity contribution in [2.45, 2.75) is 25.7 Å². The van der Waals surface area contributed by atoms with E-state index in [-0.39, 0.29) is 5.84 Å². The highest BCUT2D eigenvalue weighted by molar-refractivity contribution is 5.94. The SMILES string of the molecule is C=C(C(=N)N)C1CCCC1. The second-order valence-corrected chi connectivity index (χ2v) is 2.92. The molecule has 0 aromatic rings. The molecule has 2 nitrogen and oxygen atoms in total. The van der Waals surface area contributed by atoms with Crippen molar-refractivity contribution in [2.75, 3.05) is 0 Å². The maximum absolute atomic E-state index is 7.14. The van der Waals surface area contributed by atoms with Crippen LogP contribution >= 0.6 is 0 Å². The largest absolute Gasteiger partial charge is 0.384 e. The van der Waals surface area contributed by atoms with E-state index in [0.717, 1.165) is 5.57 Å². The maximum Gasteiger partial charge on any atom is 0.118 e. The van der Waals surface area contributed by atoms with E-state index >= 15 is 0 Å². The molecule has 0 bridgehead atoms. The zero-order valence-electron chi connectivity index (χ0n) is 6.19. The Labute approximate surface area is 61.6 Å². The van der Waals surface area contributed by atoms with Crippen LogP contribution in [0.15, 0.2) is 12.2 Å². The summed E-state index contributed by atoms with van der Waals surface area (Å²) in [7, 11) is 0. The number of nitrogens with one attached hydrogen (secondary N) is 1. The summed E-state index contributed by atoms with van der Waals surface area (Å²) >= 11 is 0. The minimum Gasteiger partial charge on any atom is -0.384 e. The molecule has 0 saturated heterocycles. The number of nitrogens with two attached hydrogens (primary N) is 1. The van der Waals surface area contributed by atoms with Gasteiger partial charge in [-0.05, 0) is 24.3 Å². The normalized spacial score (nSPS) is 19.2. The summed E-state index contributed by atoms with van der Waals surface area (Å²) in [5.74, 6) is 0.685. The molecular weight excluding hydrogens is 124 g/mol. The Morgan fingerprint density at radius 2 is 1.90 bits per heavy atom. The van der Waals surface area contributed by atoms with Crippen LogP contribution in [-0.2, 0) is 0 Å². The van der Waals surface area contributed by atoms with E-state index in [1.165, 1.54) is 25.7 Å². The minimum absolute atomic E-state index is 0.173. The van der Waals surface area contributed by atoms with Gasteiger partial charge in [0.25, 0.3) is 0 Å². The molecule has 1 aliphatic carbocycles. The van der Waals surface area contributed by atoms with Crippen LogP contribution in [-0.4, -0.2) is 5.84 Å². The first-order valence-electron chi connectivity index (χ1n) is 3.75. The Kier molecular flexibility index (Phi) is 2.10. The predicted octanol–water partition coefficient (Wildman–Crippen LogP) is 1.67. The molecule has 0 aliphatic heterocycles. The second-order valence-electron chi connectivity index (χ2n) is 2.92. The average molecular weight is 138 g/mol. The first-order chi connectivity index (χ1) is 4.72. The zero-order chi connectivity index (χ0) is 7.56. The number of hydrogen-bond acceptors (Lipinski definition) is 1. The van der Waals surface area contributed by atoms with Gasteiger partial charge >= 0.3 is 0 Å². The molecule has 2 heteroatoms. The number of amidine groups is 1. The molecule has 10 heavy (non-hydrogen) atoms. The third-order valence-electron chi connectivity index (χ3n) is 2.19. The summed E-state index contributed by atoms with van der Waals surface area (Å²) in [5, 5.41) is 7.14. The summed E-state index contributed by atoms with van der Waals surface area (Å²) in [6.45, 7) is 3.79. The molecule has 1 saturated carbocycles. The summed E-state index contributed by atoms with van der Waals surface area (Å²) in [4.78, 5) is 0. The molecule has 0 unspecified atom stereocenters. The molecule has 1 rings (SSSR count). The predicted molar refractivity (Wildman–Crippen MR) is 43.0 cm³/mol. The molecule has 56 valence electrons. The van der Waals surface area contributed by atoms with Crippen molar-refractivity contribution in [3.8, 4) is 0 Å². The Balaban J connectivity index is 2.48. The van der Waals surface area contributed by atoms with Gasteiger partial charge in [-0.1, -0.05) is 19.4 Å². The van der Waals surface area contributed by atoms with E-state index in [1.807, 2.05) is 0 Å². The van der Waals surface area contributed by atoms with Crippen LogP contribution in [0.3, 0.4) is 0 Å². The van der Waals surface area contributed by atoms with E-state index in [1.54, 1.807) is 0 Å². The highest BCUT2D eigenvalue weighted by atomic mass is 14.7. The van der Waals surface area contributed by atoms with Crippen molar-refractivity contribution in [3.05, 3.63) is 12.2 Å². The first kappa shape index (κ1) is 7.32. The van der Waals surface area contributed by atoms with Crippen molar-refractivity contribution < 1.29 is 0 Å². The topological polar surface area (TPSA) is 49.9 Å². The van der Waals surface area contributed by atoms with Gasteiger partial charge in [-0.15, -0.1) is 0 Å². The summed E-state index contributed by atoms with van der Waals surface area (Å²) in [6, 6.07) is 0. The lowest BCUT2D eigenvalue weighted by Gasteiger charge is -2.09. The standard InChI is InChI=1S/C8H14N2/c1-6(8(9)10)7-4-2-3-5-7/h7H,1-5H2,(H3,9,10). The lowest BCUT2D eigenvalue weighted by molar-refractivity contribution is 0.666. The highest BCUT2D eigenvalue weighted by Crippen LogP contribution is 2.29. The van der Waals surface area contributed by atoms with Gasteiger partial charge in [-0.3, -0.25) is 5.41 Å². The van der Waals surface area contributed by atoms with E-state index in [0.29, 0.717) is 5.92 Å². The van der Waals surface area contributed by atoms with Gasteiger partial charge in [-0.2, -0.15) is 0 Å². The van der Waals surface area contributed by atoms with Crippen LogP contribution in [0.2, 0.25) is 0 Å². The molecule has 0 heterocycles. The minimum atomic E-state index is 0.173. The van der Waals surface area contributed by atoms with Crippen molar-refractivity contribution in [1.82, 2.24) is 0 Å². The van der Waals surface area contributed by atoms with Crippen LogP contribution in [0.4, 0.5) is 0 Å². The van der Waals surface area contributed by atoms with E-state index in [4.69, 9.17) is 11.1 Å². The summed E-state index contributed by atoms with van der Waals surface area (Å²) in [6.07, 6.45) is 4.91. The fraction of sp³-hybridized carbons (Fsp3) is 0.625. The lowest BCUT2D eigenvalue weighted by Crippen LogP contribution is -2.17. The van der Waals surface area contributed by atoms with Gasteiger partial charge in [-0.25, -0.2) is 0 Å². The number of rotatable bonds is 2. The molecule has 0 aromatic carbocycles.